The summed E-state index contributed by atoms with van der Waals surface area (Å²) in [5.74, 6) is 0. The van der Waals surface area contributed by atoms with Crippen LogP contribution < -0.4 is 0 Å². The van der Waals surface area contributed by atoms with Gasteiger partial charge >= 0.3 is 0 Å². The molecule has 0 radical (unpaired) electrons. The second kappa shape index (κ2) is 6.79. The number of rotatable bonds is 2. The van der Waals surface area contributed by atoms with Crippen LogP contribution in [0.5, 0.6) is 0 Å². The van der Waals surface area contributed by atoms with Gasteiger partial charge in [-0.25, -0.2) is 9.97 Å². The summed E-state index contributed by atoms with van der Waals surface area (Å²) >= 11 is 3.63. The van der Waals surface area contributed by atoms with Gasteiger partial charge in [-0.2, -0.15) is 0 Å². The van der Waals surface area contributed by atoms with E-state index in [1.807, 2.05) is 0 Å². The van der Waals surface area contributed by atoms with E-state index in [9.17, 15) is 0 Å². The first-order valence-electron chi connectivity index (χ1n) is 9.73. The second-order valence-electron chi connectivity index (χ2n) is 7.63. The van der Waals surface area contributed by atoms with E-state index < -0.39 is 0 Å². The number of hydrogen-bond acceptors (Lipinski definition) is 4. The average Bonchev–Trinajstić information content (AvgIpc) is 3.00. The molecule has 5 nitrogen and oxygen atoms in total. The molecule has 0 amide bonds. The molecule has 2 aromatic carbocycles. The number of benzene rings is 2. The van der Waals surface area contributed by atoms with Crippen LogP contribution in [0.15, 0.2) is 34.8 Å². The Morgan fingerprint density at radius 1 is 1.00 bits per heavy atom. The third-order valence-corrected chi connectivity index (χ3v) is 6.40. The SMILES string of the molecule is Cc1cc2nc3c4cc(Br)ccc4n(C(C)N4CCOCC4)c3nc2cc1C. The van der Waals surface area contributed by atoms with Gasteiger partial charge in [0.2, 0.25) is 0 Å². The predicted octanol–water partition coefficient (Wildman–Crippen LogP) is 4.97. The lowest BCUT2D eigenvalue weighted by molar-refractivity contribution is 0.00564. The fourth-order valence-corrected chi connectivity index (χ4v) is 4.53. The quantitative estimate of drug-likeness (QED) is 0.443. The molecule has 0 aliphatic carbocycles. The summed E-state index contributed by atoms with van der Waals surface area (Å²) in [6.07, 6.45) is 0.184. The van der Waals surface area contributed by atoms with E-state index in [-0.39, 0.29) is 6.17 Å². The van der Waals surface area contributed by atoms with Gasteiger partial charge in [-0.05, 0) is 62.2 Å². The average molecular weight is 439 g/mol. The van der Waals surface area contributed by atoms with E-state index in [1.165, 1.54) is 16.6 Å². The van der Waals surface area contributed by atoms with Crippen molar-refractivity contribution in [3.63, 3.8) is 0 Å². The molecule has 5 rings (SSSR count). The minimum Gasteiger partial charge on any atom is -0.379 e. The van der Waals surface area contributed by atoms with Crippen molar-refractivity contribution in [2.75, 3.05) is 26.3 Å². The summed E-state index contributed by atoms with van der Waals surface area (Å²) in [5.41, 5.74) is 7.47. The summed E-state index contributed by atoms with van der Waals surface area (Å²) in [6, 6.07) is 10.7. The number of aryl methyl sites for hydroxylation is 2. The lowest BCUT2D eigenvalue weighted by atomic mass is 10.1. The number of ether oxygens (including phenoxy) is 1. The van der Waals surface area contributed by atoms with E-state index in [0.29, 0.717) is 0 Å². The maximum Gasteiger partial charge on any atom is 0.161 e. The van der Waals surface area contributed by atoms with Crippen LogP contribution in [0.2, 0.25) is 0 Å². The van der Waals surface area contributed by atoms with Gasteiger partial charge in [0.1, 0.15) is 5.52 Å². The Morgan fingerprint density at radius 2 is 1.68 bits per heavy atom. The van der Waals surface area contributed by atoms with Crippen LogP contribution in [0.4, 0.5) is 0 Å². The highest BCUT2D eigenvalue weighted by atomic mass is 79.9. The zero-order valence-electron chi connectivity index (χ0n) is 16.4. The molecule has 28 heavy (non-hydrogen) atoms. The molecule has 1 aliphatic rings. The molecule has 1 saturated heterocycles. The van der Waals surface area contributed by atoms with Crippen LogP contribution in [-0.2, 0) is 4.74 Å². The Hall–Kier alpha value is -2.02. The lowest BCUT2D eigenvalue weighted by Gasteiger charge is -2.33. The van der Waals surface area contributed by atoms with E-state index in [1.54, 1.807) is 0 Å². The summed E-state index contributed by atoms with van der Waals surface area (Å²) in [5, 5.41) is 1.14. The van der Waals surface area contributed by atoms with Crippen molar-refractivity contribution in [1.29, 1.82) is 0 Å². The molecule has 4 aromatic rings. The standard InChI is InChI=1S/C22H23BrN4O/c1-13-10-18-19(11-14(13)2)25-22-21(24-18)17-12-16(23)4-5-20(17)27(22)15(3)26-6-8-28-9-7-26/h4-5,10-12,15H,6-9H2,1-3H3. The molecule has 0 N–H and O–H groups in total. The number of hydrogen-bond donors (Lipinski definition) is 0. The Kier molecular flexibility index (Phi) is 4.38. The highest BCUT2D eigenvalue weighted by molar-refractivity contribution is 9.10. The minimum absolute atomic E-state index is 0.184. The number of nitrogens with zero attached hydrogens (tertiary/aromatic N) is 4. The monoisotopic (exact) mass is 438 g/mol. The van der Waals surface area contributed by atoms with Gasteiger partial charge in [0.15, 0.2) is 5.65 Å². The molecule has 6 heteroatoms. The van der Waals surface area contributed by atoms with Gasteiger partial charge in [-0.1, -0.05) is 15.9 Å². The Balaban J connectivity index is 1.83. The van der Waals surface area contributed by atoms with Gasteiger partial charge in [0.05, 0.1) is 35.9 Å². The Morgan fingerprint density at radius 3 is 2.39 bits per heavy atom. The van der Waals surface area contributed by atoms with Crippen LogP contribution in [-0.4, -0.2) is 45.7 Å². The molecule has 1 fully saturated rings. The zero-order chi connectivity index (χ0) is 19.4. The second-order valence-corrected chi connectivity index (χ2v) is 8.55. The normalized spacial score (nSPS) is 17.0. The van der Waals surface area contributed by atoms with Crippen LogP contribution in [0.25, 0.3) is 33.1 Å². The van der Waals surface area contributed by atoms with Crippen molar-refractivity contribution in [2.45, 2.75) is 26.9 Å². The molecule has 0 saturated carbocycles. The van der Waals surface area contributed by atoms with Gasteiger partial charge < -0.3 is 9.30 Å². The maximum atomic E-state index is 5.55. The van der Waals surface area contributed by atoms with Gasteiger partial charge in [0, 0.05) is 22.9 Å². The third-order valence-electron chi connectivity index (χ3n) is 5.91. The van der Waals surface area contributed by atoms with E-state index in [4.69, 9.17) is 14.7 Å². The molecule has 144 valence electrons. The van der Waals surface area contributed by atoms with Crippen LogP contribution in [0.1, 0.15) is 24.2 Å². The molecular formula is C22H23BrN4O. The molecule has 3 heterocycles. The maximum absolute atomic E-state index is 5.55. The fraction of sp³-hybridized carbons (Fsp3) is 0.364. The van der Waals surface area contributed by atoms with Crippen molar-refractivity contribution in [1.82, 2.24) is 19.4 Å². The summed E-state index contributed by atoms with van der Waals surface area (Å²) in [7, 11) is 0. The third kappa shape index (κ3) is 2.82. The largest absolute Gasteiger partial charge is 0.379 e. The molecule has 0 spiro atoms. The molecule has 1 atom stereocenters. The van der Waals surface area contributed by atoms with Crippen molar-refractivity contribution in [2.24, 2.45) is 0 Å². The first kappa shape index (κ1) is 18.0. The van der Waals surface area contributed by atoms with Gasteiger partial charge in [0.25, 0.3) is 0 Å². The molecule has 2 aromatic heterocycles. The summed E-state index contributed by atoms with van der Waals surface area (Å²) < 4.78 is 8.95. The number of fused-ring (bicyclic) bond motifs is 4. The minimum atomic E-state index is 0.184. The smallest absolute Gasteiger partial charge is 0.161 e. The number of halogens is 1. The van der Waals surface area contributed by atoms with Crippen molar-refractivity contribution in [3.8, 4) is 0 Å². The molecular weight excluding hydrogens is 416 g/mol. The predicted molar refractivity (Wildman–Crippen MR) is 117 cm³/mol. The highest BCUT2D eigenvalue weighted by Crippen LogP contribution is 2.34. The van der Waals surface area contributed by atoms with E-state index >= 15 is 0 Å². The zero-order valence-corrected chi connectivity index (χ0v) is 18.0. The van der Waals surface area contributed by atoms with Crippen LogP contribution in [0.3, 0.4) is 0 Å². The van der Waals surface area contributed by atoms with Crippen LogP contribution >= 0.6 is 15.9 Å². The first-order chi connectivity index (χ1) is 13.5. The fourth-order valence-electron chi connectivity index (χ4n) is 4.17. The van der Waals surface area contributed by atoms with Gasteiger partial charge in [-0.15, -0.1) is 0 Å². The van der Waals surface area contributed by atoms with Crippen molar-refractivity contribution >= 4 is 49.0 Å². The number of aromatic nitrogens is 3. The van der Waals surface area contributed by atoms with Crippen LogP contribution in [0, 0.1) is 13.8 Å². The Bertz CT molecular complexity index is 1210. The molecule has 0 bridgehead atoms. The summed E-state index contributed by atoms with van der Waals surface area (Å²) in [6.45, 7) is 9.92. The van der Waals surface area contributed by atoms with Crippen molar-refractivity contribution < 1.29 is 4.74 Å². The van der Waals surface area contributed by atoms with Crippen molar-refractivity contribution in [3.05, 3.63) is 45.9 Å². The van der Waals surface area contributed by atoms with E-state index in [0.717, 1.165) is 58.4 Å². The lowest BCUT2D eigenvalue weighted by Crippen LogP contribution is -2.40. The number of morpholine rings is 1. The van der Waals surface area contributed by atoms with Gasteiger partial charge in [-0.3, -0.25) is 4.90 Å². The Labute approximate surface area is 172 Å². The van der Waals surface area contributed by atoms with E-state index in [2.05, 4.69) is 76.5 Å². The highest BCUT2D eigenvalue weighted by Gasteiger charge is 2.24. The first-order valence-corrected chi connectivity index (χ1v) is 10.5. The molecule has 1 unspecified atom stereocenters. The topological polar surface area (TPSA) is 43.2 Å². The molecule has 1 aliphatic heterocycles. The summed E-state index contributed by atoms with van der Waals surface area (Å²) in [4.78, 5) is 12.6.